The summed E-state index contributed by atoms with van der Waals surface area (Å²) in [4.78, 5) is 50.3. The minimum atomic E-state index is -0.662. The molecule has 0 spiro atoms. The zero-order valence-electron chi connectivity index (χ0n) is 18.6. The number of amides is 2. The van der Waals surface area contributed by atoms with E-state index in [-0.39, 0.29) is 18.9 Å². The van der Waals surface area contributed by atoms with Gasteiger partial charge in [0.15, 0.2) is 6.61 Å². The molecule has 33 heavy (non-hydrogen) atoms. The van der Waals surface area contributed by atoms with Crippen LogP contribution in [0.15, 0.2) is 54.6 Å². The third-order valence-corrected chi connectivity index (χ3v) is 5.26. The molecule has 8 nitrogen and oxygen atoms in total. The Bertz CT molecular complexity index is 974. The average molecular weight is 453 g/mol. The van der Waals surface area contributed by atoms with Gasteiger partial charge in [0.25, 0.3) is 5.91 Å². The first-order valence-corrected chi connectivity index (χ1v) is 11.1. The highest BCUT2D eigenvalue weighted by atomic mass is 16.5. The molecule has 2 amide bonds. The molecule has 1 fully saturated rings. The van der Waals surface area contributed by atoms with Gasteiger partial charge in [-0.25, -0.2) is 4.79 Å². The van der Waals surface area contributed by atoms with Crippen molar-refractivity contribution in [1.29, 1.82) is 0 Å². The summed E-state index contributed by atoms with van der Waals surface area (Å²) in [5.74, 6) is -2.33. The van der Waals surface area contributed by atoms with Crippen LogP contribution >= 0.6 is 0 Å². The van der Waals surface area contributed by atoms with E-state index < -0.39 is 30.4 Å². The number of hydrogen-bond donors (Lipinski definition) is 1. The molecule has 0 bridgehead atoms. The normalized spacial score (nSPS) is 15.2. The molecular formula is C25H28N2O6. The first-order chi connectivity index (χ1) is 16.0. The maximum Gasteiger partial charge on any atom is 0.338 e. The molecule has 1 aliphatic rings. The number of nitrogens with zero attached hydrogens (tertiary/aromatic N) is 1. The van der Waals surface area contributed by atoms with Crippen molar-refractivity contribution in [3.8, 4) is 0 Å². The van der Waals surface area contributed by atoms with Crippen molar-refractivity contribution in [2.75, 3.05) is 30.0 Å². The van der Waals surface area contributed by atoms with Gasteiger partial charge in [-0.3, -0.25) is 14.4 Å². The van der Waals surface area contributed by atoms with E-state index in [1.54, 1.807) is 48.5 Å². The Balaban J connectivity index is 1.48. The first kappa shape index (κ1) is 24.0. The molecule has 3 rings (SSSR count). The number of carbonyl (C=O) groups is 4. The molecule has 2 aromatic carbocycles. The van der Waals surface area contributed by atoms with E-state index in [0.717, 1.165) is 19.3 Å². The fourth-order valence-electron chi connectivity index (χ4n) is 3.47. The summed E-state index contributed by atoms with van der Waals surface area (Å²) in [5.41, 5.74) is 1.59. The lowest BCUT2D eigenvalue weighted by molar-refractivity contribution is -0.151. The summed E-state index contributed by atoms with van der Waals surface area (Å²) in [5, 5.41) is 2.63. The van der Waals surface area contributed by atoms with Crippen LogP contribution in [0.1, 0.15) is 43.0 Å². The van der Waals surface area contributed by atoms with Gasteiger partial charge in [0.05, 0.1) is 18.1 Å². The lowest BCUT2D eigenvalue weighted by atomic mass is 10.1. The van der Waals surface area contributed by atoms with Gasteiger partial charge >= 0.3 is 11.9 Å². The summed E-state index contributed by atoms with van der Waals surface area (Å²) < 4.78 is 10.3. The Labute approximate surface area is 192 Å². The van der Waals surface area contributed by atoms with E-state index in [2.05, 4.69) is 12.2 Å². The van der Waals surface area contributed by atoms with E-state index in [0.29, 0.717) is 23.5 Å². The van der Waals surface area contributed by atoms with Crippen molar-refractivity contribution < 1.29 is 28.7 Å². The van der Waals surface area contributed by atoms with Gasteiger partial charge in [-0.15, -0.1) is 0 Å². The van der Waals surface area contributed by atoms with Gasteiger partial charge in [-0.2, -0.15) is 0 Å². The zero-order chi connectivity index (χ0) is 23.6. The van der Waals surface area contributed by atoms with E-state index in [4.69, 9.17) is 9.47 Å². The number of anilines is 2. The highest BCUT2D eigenvalue weighted by Crippen LogP contribution is 2.26. The maximum atomic E-state index is 12.4. The fourth-order valence-corrected chi connectivity index (χ4v) is 3.47. The van der Waals surface area contributed by atoms with Gasteiger partial charge < -0.3 is 19.7 Å². The number of carbonyl (C=O) groups excluding carboxylic acids is 4. The smallest absolute Gasteiger partial charge is 0.338 e. The van der Waals surface area contributed by atoms with Crippen LogP contribution in [0.5, 0.6) is 0 Å². The number of benzene rings is 2. The molecule has 0 aliphatic carbocycles. The highest BCUT2D eigenvalue weighted by Gasteiger charge is 2.36. The Morgan fingerprint density at radius 3 is 2.42 bits per heavy atom. The molecule has 0 aromatic heterocycles. The molecule has 1 atom stereocenters. The molecule has 0 saturated carbocycles. The number of esters is 2. The SMILES string of the molecule is CCCCCOC(=O)c1ccc(N2C[C@H](C(=O)OCC(=O)Nc3ccccc3)CC2=O)cc1. The predicted octanol–water partition coefficient (Wildman–Crippen LogP) is 3.57. The van der Waals surface area contributed by atoms with Gasteiger partial charge in [0.2, 0.25) is 5.91 Å². The van der Waals surface area contributed by atoms with Crippen molar-refractivity contribution in [2.24, 2.45) is 5.92 Å². The maximum absolute atomic E-state index is 12.4. The summed E-state index contributed by atoms with van der Waals surface area (Å²) in [6.45, 7) is 2.19. The zero-order valence-corrected chi connectivity index (χ0v) is 18.6. The van der Waals surface area contributed by atoms with Crippen LogP contribution in [0, 0.1) is 5.92 Å². The van der Waals surface area contributed by atoms with Gasteiger partial charge in [-0.1, -0.05) is 38.0 Å². The van der Waals surface area contributed by atoms with Gasteiger partial charge in [0.1, 0.15) is 0 Å². The number of hydrogen-bond acceptors (Lipinski definition) is 6. The van der Waals surface area contributed by atoms with Crippen LogP contribution in [0.2, 0.25) is 0 Å². The van der Waals surface area contributed by atoms with Crippen molar-refractivity contribution in [2.45, 2.75) is 32.6 Å². The van der Waals surface area contributed by atoms with E-state index in [9.17, 15) is 19.2 Å². The van der Waals surface area contributed by atoms with Crippen LogP contribution < -0.4 is 10.2 Å². The third kappa shape index (κ3) is 6.90. The topological polar surface area (TPSA) is 102 Å². The van der Waals surface area contributed by atoms with Crippen LogP contribution in [0.3, 0.4) is 0 Å². The Morgan fingerprint density at radius 1 is 1.00 bits per heavy atom. The number of ether oxygens (including phenoxy) is 2. The second kappa shape index (κ2) is 11.8. The highest BCUT2D eigenvalue weighted by molar-refractivity contribution is 6.00. The molecule has 1 N–H and O–H groups in total. The number of rotatable bonds is 10. The Morgan fingerprint density at radius 2 is 1.73 bits per heavy atom. The van der Waals surface area contributed by atoms with Gasteiger partial charge in [0, 0.05) is 24.3 Å². The Kier molecular flexibility index (Phi) is 8.57. The standard InChI is InChI=1S/C25H28N2O6/c1-2-3-7-14-32-24(30)18-10-12-21(13-11-18)27-16-19(15-23(27)29)25(31)33-17-22(28)26-20-8-5-4-6-9-20/h4-6,8-13,19H,2-3,7,14-17H2,1H3,(H,26,28)/t19-/m1/s1. The summed E-state index contributed by atoms with van der Waals surface area (Å²) >= 11 is 0. The summed E-state index contributed by atoms with van der Waals surface area (Å²) in [6.07, 6.45) is 2.88. The first-order valence-electron chi connectivity index (χ1n) is 11.1. The van der Waals surface area contributed by atoms with Crippen LogP contribution in [0.4, 0.5) is 11.4 Å². The van der Waals surface area contributed by atoms with Gasteiger partial charge in [-0.05, 0) is 42.8 Å². The van der Waals surface area contributed by atoms with Crippen molar-refractivity contribution in [3.63, 3.8) is 0 Å². The summed E-state index contributed by atoms with van der Waals surface area (Å²) in [6, 6.07) is 15.4. The molecular weight excluding hydrogens is 424 g/mol. The van der Waals surface area contributed by atoms with Crippen LogP contribution in [-0.4, -0.2) is 43.5 Å². The molecule has 2 aromatic rings. The molecule has 8 heteroatoms. The minimum Gasteiger partial charge on any atom is -0.462 e. The second-order valence-corrected chi connectivity index (χ2v) is 7.82. The summed E-state index contributed by atoms with van der Waals surface area (Å²) in [7, 11) is 0. The number of nitrogens with one attached hydrogen (secondary N) is 1. The molecule has 0 radical (unpaired) electrons. The monoisotopic (exact) mass is 452 g/mol. The largest absolute Gasteiger partial charge is 0.462 e. The average Bonchev–Trinajstić information content (AvgIpc) is 3.22. The molecule has 1 aliphatic heterocycles. The molecule has 0 unspecified atom stereocenters. The lowest BCUT2D eigenvalue weighted by Gasteiger charge is -2.17. The lowest BCUT2D eigenvalue weighted by Crippen LogP contribution is -2.28. The molecule has 174 valence electrons. The van der Waals surface area contributed by atoms with Crippen molar-refractivity contribution in [3.05, 3.63) is 60.2 Å². The molecule has 1 heterocycles. The van der Waals surface area contributed by atoms with Crippen molar-refractivity contribution >= 4 is 35.1 Å². The fraction of sp³-hybridized carbons (Fsp3) is 0.360. The Hall–Kier alpha value is -3.68. The second-order valence-electron chi connectivity index (χ2n) is 7.82. The quantitative estimate of drug-likeness (QED) is 0.437. The minimum absolute atomic E-state index is 0.000356. The van der Waals surface area contributed by atoms with E-state index >= 15 is 0 Å². The van der Waals surface area contributed by atoms with Crippen LogP contribution in [0.25, 0.3) is 0 Å². The van der Waals surface area contributed by atoms with Crippen molar-refractivity contribution in [1.82, 2.24) is 0 Å². The van der Waals surface area contributed by atoms with Crippen LogP contribution in [-0.2, 0) is 23.9 Å². The third-order valence-electron chi connectivity index (χ3n) is 5.26. The van der Waals surface area contributed by atoms with E-state index in [1.165, 1.54) is 4.90 Å². The predicted molar refractivity (Wildman–Crippen MR) is 123 cm³/mol. The number of para-hydroxylation sites is 1. The van der Waals surface area contributed by atoms with E-state index in [1.807, 2.05) is 6.07 Å². The molecule has 1 saturated heterocycles. The number of unbranched alkanes of at least 4 members (excludes halogenated alkanes) is 2.